The maximum atomic E-state index is 11.2. The zero-order chi connectivity index (χ0) is 24.3. The minimum Gasteiger partial charge on any atom is -0.390 e. The summed E-state index contributed by atoms with van der Waals surface area (Å²) in [6, 6.07) is 0. The van der Waals surface area contributed by atoms with Gasteiger partial charge in [-0.05, 0) is 116 Å². The van der Waals surface area contributed by atoms with Crippen LogP contribution in [-0.4, -0.2) is 44.8 Å². The molecule has 0 saturated heterocycles. The molecule has 0 aromatic carbocycles. The molecule has 0 heterocycles. The molecule has 0 bridgehead atoms. The van der Waals surface area contributed by atoms with E-state index in [0.717, 1.165) is 24.8 Å². The van der Waals surface area contributed by atoms with Gasteiger partial charge in [-0.2, -0.15) is 0 Å². The fraction of sp³-hybridized carbons (Fsp3) is 0.931. The van der Waals surface area contributed by atoms with Crippen LogP contribution in [0, 0.1) is 52.3 Å². The van der Waals surface area contributed by atoms with Crippen molar-refractivity contribution in [2.75, 3.05) is 0 Å². The van der Waals surface area contributed by atoms with Gasteiger partial charge in [-0.3, -0.25) is 0 Å². The van der Waals surface area contributed by atoms with E-state index in [0.29, 0.717) is 29.6 Å². The van der Waals surface area contributed by atoms with Crippen molar-refractivity contribution in [1.82, 2.24) is 0 Å². The molecule has 0 unspecified atom stereocenters. The van der Waals surface area contributed by atoms with Gasteiger partial charge >= 0.3 is 0 Å². The third-order valence-electron chi connectivity index (χ3n) is 11.6. The van der Waals surface area contributed by atoms with Gasteiger partial charge in [0.15, 0.2) is 0 Å². The van der Waals surface area contributed by atoms with E-state index >= 15 is 0 Å². The summed E-state index contributed by atoms with van der Waals surface area (Å²) >= 11 is 0. The monoisotopic (exact) mass is 462 g/mol. The molecule has 4 aliphatic carbocycles. The molecule has 0 aromatic rings. The molecular weight excluding hydrogens is 412 g/mol. The molecule has 0 aromatic heterocycles. The van der Waals surface area contributed by atoms with E-state index < -0.39 is 24.4 Å². The first-order valence-electron chi connectivity index (χ1n) is 13.8. The smallest absolute Gasteiger partial charge is 0.101 e. The SMILES string of the molecule is C/C=C(/C(C)C)[C@@H](O)[C@H](O)[C@@H](C)[C@@H]1CC[C@@H]2[C@@H]3CC[C@@H]4C[C@H](O)[C@H](O)C[C@@]4(C)[C@@H]3CC[C@@]21C. The highest BCUT2D eigenvalue weighted by Gasteiger charge is 2.61. The van der Waals surface area contributed by atoms with Gasteiger partial charge in [0.2, 0.25) is 0 Å². The summed E-state index contributed by atoms with van der Waals surface area (Å²) in [5.41, 5.74) is 1.30. The highest BCUT2D eigenvalue weighted by molar-refractivity contribution is 5.15. The van der Waals surface area contributed by atoms with Crippen molar-refractivity contribution in [3.8, 4) is 0 Å². The quantitative estimate of drug-likeness (QED) is 0.436. The average Bonchev–Trinajstić information content (AvgIpc) is 3.11. The molecule has 4 nitrogen and oxygen atoms in total. The number of hydrogen-bond acceptors (Lipinski definition) is 4. The lowest BCUT2D eigenvalue weighted by molar-refractivity contribution is -0.162. The zero-order valence-corrected chi connectivity index (χ0v) is 21.9. The van der Waals surface area contributed by atoms with Crippen LogP contribution in [0.15, 0.2) is 11.6 Å². The Labute approximate surface area is 201 Å². The second-order valence-corrected chi connectivity index (χ2v) is 13.2. The van der Waals surface area contributed by atoms with Crippen molar-refractivity contribution < 1.29 is 20.4 Å². The molecule has 4 N–H and O–H groups in total. The van der Waals surface area contributed by atoms with Gasteiger partial charge in [-0.25, -0.2) is 0 Å². The molecule has 12 atom stereocenters. The Balaban J connectivity index is 1.53. The highest BCUT2D eigenvalue weighted by atomic mass is 16.3. The maximum Gasteiger partial charge on any atom is 0.101 e. The van der Waals surface area contributed by atoms with Crippen LogP contribution in [0.4, 0.5) is 0 Å². The van der Waals surface area contributed by atoms with Crippen LogP contribution >= 0.6 is 0 Å². The molecule has 4 fully saturated rings. The van der Waals surface area contributed by atoms with E-state index in [2.05, 4.69) is 34.6 Å². The highest BCUT2D eigenvalue weighted by Crippen LogP contribution is 2.68. The summed E-state index contributed by atoms with van der Waals surface area (Å²) in [4.78, 5) is 0. The number of aliphatic hydroxyl groups excluding tert-OH is 4. The first-order valence-corrected chi connectivity index (χ1v) is 13.8. The molecule has 0 radical (unpaired) electrons. The predicted octanol–water partition coefficient (Wildman–Crippen LogP) is 4.94. The number of rotatable bonds is 5. The summed E-state index contributed by atoms with van der Waals surface area (Å²) in [6.07, 6.45) is 8.01. The van der Waals surface area contributed by atoms with Gasteiger partial charge in [-0.1, -0.05) is 40.7 Å². The standard InChI is InChI=1S/C29H50O4/c1-7-19(16(2)3)27(33)26(32)17(4)21-10-11-22-20-9-8-18-14-24(30)25(31)15-29(18,6)23(20)12-13-28(21,22)5/h7,16-18,20-27,30-33H,8-15H2,1-6H3/b19-7-/t17-,18+,20-,21-,22+,23+,24-,25+,26+,27+,28+,29+/m0/s1. The summed E-state index contributed by atoms with van der Waals surface area (Å²) in [6.45, 7) is 13.2. The Bertz CT molecular complexity index is 733. The first kappa shape index (κ1) is 25.7. The van der Waals surface area contributed by atoms with E-state index in [9.17, 15) is 20.4 Å². The third-order valence-corrected chi connectivity index (χ3v) is 11.6. The van der Waals surface area contributed by atoms with Gasteiger partial charge in [0.1, 0.15) is 6.10 Å². The van der Waals surface area contributed by atoms with Crippen molar-refractivity contribution in [3.05, 3.63) is 11.6 Å². The Morgan fingerprint density at radius 3 is 2.18 bits per heavy atom. The molecule has 4 aliphatic rings. The Kier molecular flexibility index (Phi) is 7.17. The lowest BCUT2D eigenvalue weighted by atomic mass is 9.44. The van der Waals surface area contributed by atoms with Crippen LogP contribution in [0.3, 0.4) is 0 Å². The fourth-order valence-electron chi connectivity index (χ4n) is 9.75. The van der Waals surface area contributed by atoms with Crippen LogP contribution in [0.5, 0.6) is 0 Å². The van der Waals surface area contributed by atoms with Crippen molar-refractivity contribution in [1.29, 1.82) is 0 Å². The fourth-order valence-corrected chi connectivity index (χ4v) is 9.75. The van der Waals surface area contributed by atoms with E-state index in [1.165, 1.54) is 32.1 Å². The molecule has 4 rings (SSSR count). The molecular formula is C29H50O4. The normalized spacial score (nSPS) is 48.6. The van der Waals surface area contributed by atoms with Crippen molar-refractivity contribution in [2.24, 2.45) is 52.3 Å². The summed E-state index contributed by atoms with van der Waals surface area (Å²) in [5.74, 6) is 3.26. The minimum atomic E-state index is -0.784. The topological polar surface area (TPSA) is 80.9 Å². The van der Waals surface area contributed by atoms with E-state index in [1.54, 1.807) is 0 Å². The summed E-state index contributed by atoms with van der Waals surface area (Å²) < 4.78 is 0. The van der Waals surface area contributed by atoms with Gasteiger partial charge in [0, 0.05) is 0 Å². The molecule has 33 heavy (non-hydrogen) atoms. The van der Waals surface area contributed by atoms with Crippen LogP contribution < -0.4 is 0 Å². The lowest BCUT2D eigenvalue weighted by Gasteiger charge is -2.61. The summed E-state index contributed by atoms with van der Waals surface area (Å²) in [7, 11) is 0. The largest absolute Gasteiger partial charge is 0.390 e. The minimum absolute atomic E-state index is 0.0684. The van der Waals surface area contributed by atoms with E-state index in [-0.39, 0.29) is 22.7 Å². The predicted molar refractivity (Wildman–Crippen MR) is 132 cm³/mol. The Morgan fingerprint density at radius 2 is 1.55 bits per heavy atom. The second-order valence-electron chi connectivity index (χ2n) is 13.2. The molecule has 0 aliphatic heterocycles. The van der Waals surface area contributed by atoms with Crippen LogP contribution in [0.25, 0.3) is 0 Å². The second kappa shape index (κ2) is 9.22. The van der Waals surface area contributed by atoms with Gasteiger partial charge in [0.05, 0.1) is 18.3 Å². The molecule has 4 saturated carbocycles. The average molecular weight is 463 g/mol. The summed E-state index contributed by atoms with van der Waals surface area (Å²) in [5, 5.41) is 43.1. The van der Waals surface area contributed by atoms with Crippen LogP contribution in [-0.2, 0) is 0 Å². The van der Waals surface area contributed by atoms with Crippen molar-refractivity contribution in [3.63, 3.8) is 0 Å². The molecule has 0 spiro atoms. The van der Waals surface area contributed by atoms with Crippen molar-refractivity contribution >= 4 is 0 Å². The van der Waals surface area contributed by atoms with Crippen molar-refractivity contribution in [2.45, 2.75) is 117 Å². The molecule has 190 valence electrons. The van der Waals surface area contributed by atoms with Gasteiger partial charge in [0.25, 0.3) is 0 Å². The zero-order valence-electron chi connectivity index (χ0n) is 21.9. The van der Waals surface area contributed by atoms with Gasteiger partial charge in [-0.15, -0.1) is 0 Å². The third kappa shape index (κ3) is 4.05. The lowest BCUT2D eigenvalue weighted by Crippen LogP contribution is -2.57. The van der Waals surface area contributed by atoms with E-state index in [1.807, 2.05) is 13.0 Å². The van der Waals surface area contributed by atoms with E-state index in [4.69, 9.17) is 0 Å². The maximum absolute atomic E-state index is 11.2. The molecule has 0 amide bonds. The Hall–Kier alpha value is -0.420. The number of fused-ring (bicyclic) bond motifs is 5. The number of aliphatic hydroxyl groups is 4. The first-order chi connectivity index (χ1) is 15.5. The number of allylic oxidation sites excluding steroid dienone is 1. The van der Waals surface area contributed by atoms with Gasteiger partial charge < -0.3 is 20.4 Å². The van der Waals surface area contributed by atoms with Crippen LogP contribution in [0.1, 0.15) is 92.9 Å². The Morgan fingerprint density at radius 1 is 0.879 bits per heavy atom. The molecule has 4 heteroatoms. The van der Waals surface area contributed by atoms with Crippen LogP contribution in [0.2, 0.25) is 0 Å². The number of hydrogen-bond donors (Lipinski definition) is 4.